The summed E-state index contributed by atoms with van der Waals surface area (Å²) in [5.41, 5.74) is 0. The van der Waals surface area contributed by atoms with E-state index in [0.717, 1.165) is 16.3 Å². The van der Waals surface area contributed by atoms with Crippen LogP contribution in [0.25, 0.3) is 0 Å². The van der Waals surface area contributed by atoms with Gasteiger partial charge in [-0.05, 0) is 0 Å². The van der Waals surface area contributed by atoms with E-state index in [-0.39, 0.29) is 0 Å². The van der Waals surface area contributed by atoms with Crippen molar-refractivity contribution in [1.29, 1.82) is 0 Å². The Labute approximate surface area is 74.9 Å². The number of esters is 1. The minimum atomic E-state index is -1.21. The quantitative estimate of drug-likeness (QED) is 0.252. The molecule has 0 spiro atoms. The molecule has 4 nitrogen and oxygen atoms in total. The van der Waals surface area contributed by atoms with Crippen molar-refractivity contribution in [2.45, 2.75) is 12.0 Å². The van der Waals surface area contributed by atoms with Gasteiger partial charge in [0.25, 0.3) is 0 Å². The van der Waals surface area contributed by atoms with Crippen LogP contribution >= 0.6 is 0 Å². The molecule has 0 aliphatic carbocycles. The highest BCUT2D eigenvalue weighted by Gasteiger charge is 2.31. The van der Waals surface area contributed by atoms with Gasteiger partial charge in [-0.15, -0.1) is 0 Å². The summed E-state index contributed by atoms with van der Waals surface area (Å²) in [4.78, 5) is 10.8. The van der Waals surface area contributed by atoms with Crippen molar-refractivity contribution in [1.82, 2.24) is 0 Å². The highest BCUT2D eigenvalue weighted by Crippen LogP contribution is 2.17. The Kier molecular flexibility index (Phi) is 4.80. The fourth-order valence-electron chi connectivity index (χ4n) is 0.722. The van der Waals surface area contributed by atoms with Crippen LogP contribution in [0, 0.1) is 0 Å². The van der Waals surface area contributed by atoms with Gasteiger partial charge in [0.05, 0.1) is 0 Å². The molecule has 0 radical (unpaired) electrons. The largest absolute Gasteiger partial charge is 0.405 e. The van der Waals surface area contributed by atoms with Gasteiger partial charge in [-0.2, -0.15) is 0 Å². The SMILES string of the molecule is C=CC(=O)OC(C[SiH3])(OC)OC. The predicted molar refractivity (Wildman–Crippen MR) is 47.8 cm³/mol. The number of ether oxygens (including phenoxy) is 3. The second-order valence-corrected chi connectivity index (χ2v) is 2.78. The van der Waals surface area contributed by atoms with Gasteiger partial charge in [0.15, 0.2) is 0 Å². The molecule has 0 saturated carbocycles. The number of hydrogen-bond acceptors (Lipinski definition) is 4. The van der Waals surface area contributed by atoms with Crippen molar-refractivity contribution in [2.24, 2.45) is 0 Å². The molecule has 0 rings (SSSR count). The average Bonchev–Trinajstić information content (AvgIpc) is 2.14. The van der Waals surface area contributed by atoms with Gasteiger partial charge >= 0.3 is 11.9 Å². The summed E-state index contributed by atoms with van der Waals surface area (Å²) in [6, 6.07) is 0.555. The Bertz CT molecular complexity index is 157. The second kappa shape index (κ2) is 5.07. The maximum Gasteiger partial charge on any atom is 0.334 e. The summed E-state index contributed by atoms with van der Waals surface area (Å²) in [6.07, 6.45) is 1.07. The van der Waals surface area contributed by atoms with Crippen molar-refractivity contribution in [3.05, 3.63) is 12.7 Å². The van der Waals surface area contributed by atoms with Crippen molar-refractivity contribution >= 4 is 16.2 Å². The third kappa shape index (κ3) is 2.76. The molecule has 0 heterocycles. The standard InChI is InChI=1S/C7H14O4Si/c1-4-6(8)11-7(5-12,9-2)10-3/h4H,1,5H2,2-3,12H3. The van der Waals surface area contributed by atoms with E-state index in [1.807, 2.05) is 0 Å². The molecule has 0 amide bonds. The first kappa shape index (κ1) is 11.3. The Morgan fingerprint density at radius 2 is 2.08 bits per heavy atom. The monoisotopic (exact) mass is 190 g/mol. The summed E-state index contributed by atoms with van der Waals surface area (Å²) < 4.78 is 14.7. The molecule has 0 aromatic carbocycles. The number of methoxy groups -OCH3 is 2. The van der Waals surface area contributed by atoms with Gasteiger partial charge in [0, 0.05) is 36.6 Å². The minimum absolute atomic E-state index is 0.547. The lowest BCUT2D eigenvalue weighted by atomic mass is 10.6. The average molecular weight is 190 g/mol. The summed E-state index contributed by atoms with van der Waals surface area (Å²) in [5, 5.41) is 0. The van der Waals surface area contributed by atoms with Crippen molar-refractivity contribution in [3.63, 3.8) is 0 Å². The molecular formula is C7H14O4Si. The fraction of sp³-hybridized carbons (Fsp3) is 0.571. The molecule has 0 N–H and O–H groups in total. The normalized spacial score (nSPS) is 11.2. The Hall–Kier alpha value is -0.653. The number of rotatable bonds is 5. The van der Waals surface area contributed by atoms with Crippen molar-refractivity contribution in [2.75, 3.05) is 14.2 Å². The first-order valence-electron chi connectivity index (χ1n) is 3.59. The van der Waals surface area contributed by atoms with Crippen LogP contribution in [0.5, 0.6) is 0 Å². The highest BCUT2D eigenvalue weighted by atomic mass is 28.1. The summed E-state index contributed by atoms with van der Waals surface area (Å²) in [6.45, 7) is 3.27. The van der Waals surface area contributed by atoms with Crippen LogP contribution in [-0.4, -0.2) is 36.4 Å². The number of carbonyl (C=O) groups excluding carboxylic acids is 1. The van der Waals surface area contributed by atoms with E-state index >= 15 is 0 Å². The van der Waals surface area contributed by atoms with Gasteiger partial charge in [0.1, 0.15) is 0 Å². The third-order valence-corrected chi connectivity index (χ3v) is 2.34. The van der Waals surface area contributed by atoms with Gasteiger partial charge in [-0.3, -0.25) is 0 Å². The molecule has 0 unspecified atom stereocenters. The number of carbonyl (C=O) groups is 1. The maximum atomic E-state index is 10.8. The second-order valence-electron chi connectivity index (χ2n) is 2.07. The van der Waals surface area contributed by atoms with Crippen molar-refractivity contribution < 1.29 is 19.0 Å². The number of hydrogen-bond donors (Lipinski definition) is 0. The van der Waals surface area contributed by atoms with Crippen LogP contribution in [0.1, 0.15) is 0 Å². The lowest BCUT2D eigenvalue weighted by Gasteiger charge is -2.27. The lowest BCUT2D eigenvalue weighted by molar-refractivity contribution is -0.329. The van der Waals surface area contributed by atoms with Crippen LogP contribution in [0.4, 0.5) is 0 Å². The highest BCUT2D eigenvalue weighted by molar-refractivity contribution is 6.09. The van der Waals surface area contributed by atoms with Crippen LogP contribution in [0.3, 0.4) is 0 Å². The van der Waals surface area contributed by atoms with E-state index in [2.05, 4.69) is 6.58 Å². The first-order chi connectivity index (χ1) is 5.64. The van der Waals surface area contributed by atoms with Crippen LogP contribution in [0.2, 0.25) is 6.04 Å². The first-order valence-corrected chi connectivity index (χ1v) is 5.01. The topological polar surface area (TPSA) is 44.8 Å². The molecule has 0 aromatic rings. The Morgan fingerprint density at radius 1 is 1.58 bits per heavy atom. The summed E-state index contributed by atoms with van der Waals surface area (Å²) in [5.74, 6) is -1.76. The maximum absolute atomic E-state index is 10.8. The lowest BCUT2D eigenvalue weighted by Crippen LogP contribution is -2.38. The molecule has 0 aliphatic heterocycles. The molecule has 12 heavy (non-hydrogen) atoms. The van der Waals surface area contributed by atoms with Gasteiger partial charge in [-0.25, -0.2) is 4.79 Å². The van der Waals surface area contributed by atoms with Crippen LogP contribution in [0.15, 0.2) is 12.7 Å². The smallest absolute Gasteiger partial charge is 0.334 e. The predicted octanol–water partition coefficient (Wildman–Crippen LogP) is -0.554. The van der Waals surface area contributed by atoms with Crippen LogP contribution in [-0.2, 0) is 19.0 Å². The van der Waals surface area contributed by atoms with Crippen LogP contribution < -0.4 is 0 Å². The molecule has 0 aromatic heterocycles. The molecule has 0 bridgehead atoms. The van der Waals surface area contributed by atoms with E-state index in [1.165, 1.54) is 14.2 Å². The van der Waals surface area contributed by atoms with E-state index in [0.29, 0.717) is 6.04 Å². The van der Waals surface area contributed by atoms with E-state index in [1.54, 1.807) is 0 Å². The van der Waals surface area contributed by atoms with E-state index in [9.17, 15) is 4.79 Å². The van der Waals surface area contributed by atoms with E-state index < -0.39 is 11.9 Å². The molecule has 70 valence electrons. The zero-order valence-corrected chi connectivity index (χ0v) is 9.62. The van der Waals surface area contributed by atoms with Crippen molar-refractivity contribution in [3.8, 4) is 0 Å². The molecule has 5 heteroatoms. The van der Waals surface area contributed by atoms with Gasteiger partial charge in [-0.1, -0.05) is 6.58 Å². The molecule has 0 fully saturated rings. The Balaban J connectivity index is 4.29. The minimum Gasteiger partial charge on any atom is -0.405 e. The zero-order valence-electron chi connectivity index (χ0n) is 7.62. The summed E-state index contributed by atoms with van der Waals surface area (Å²) >= 11 is 0. The van der Waals surface area contributed by atoms with Gasteiger partial charge < -0.3 is 14.2 Å². The third-order valence-electron chi connectivity index (χ3n) is 1.48. The summed E-state index contributed by atoms with van der Waals surface area (Å²) in [7, 11) is 3.67. The fourth-order valence-corrected chi connectivity index (χ4v) is 1.44. The molecule has 0 aliphatic rings. The zero-order chi connectivity index (χ0) is 9.61. The Morgan fingerprint density at radius 3 is 2.33 bits per heavy atom. The molecule has 0 saturated heterocycles. The molecule has 0 atom stereocenters. The molecular weight excluding hydrogens is 176 g/mol. The van der Waals surface area contributed by atoms with Gasteiger partial charge in [0.2, 0.25) is 0 Å². The van der Waals surface area contributed by atoms with E-state index in [4.69, 9.17) is 14.2 Å².